The molecular formula is C11H14BrNO4S. The van der Waals surface area contributed by atoms with Gasteiger partial charge < -0.3 is 5.11 Å². The minimum atomic E-state index is -3.65. The molecule has 1 rings (SSSR count). The third-order valence-corrected chi connectivity index (χ3v) is 5.41. The Morgan fingerprint density at radius 3 is 2.61 bits per heavy atom. The molecule has 0 atom stereocenters. The van der Waals surface area contributed by atoms with Gasteiger partial charge in [0.2, 0.25) is 10.0 Å². The summed E-state index contributed by atoms with van der Waals surface area (Å²) in [5.41, 5.74) is 0.611. The molecule has 0 bridgehead atoms. The lowest BCUT2D eigenvalue weighted by Crippen LogP contribution is -2.29. The fraction of sp³-hybridized carbons (Fsp3) is 0.364. The Hall–Kier alpha value is -0.920. The van der Waals surface area contributed by atoms with E-state index in [1.807, 2.05) is 0 Å². The Bertz CT molecular complexity index is 556. The predicted molar refractivity (Wildman–Crippen MR) is 70.9 cm³/mol. The summed E-state index contributed by atoms with van der Waals surface area (Å²) in [6, 6.07) is 4.90. The fourth-order valence-corrected chi connectivity index (χ4v) is 3.32. The smallest absolute Gasteiger partial charge is 0.304 e. The summed E-state index contributed by atoms with van der Waals surface area (Å²) in [6.45, 7) is 1.64. The molecule has 0 radical (unpaired) electrons. The topological polar surface area (TPSA) is 74.7 Å². The Morgan fingerprint density at radius 1 is 1.44 bits per heavy atom. The maximum atomic E-state index is 12.2. The fourth-order valence-electron chi connectivity index (χ4n) is 1.41. The first-order valence-corrected chi connectivity index (χ1v) is 7.43. The van der Waals surface area contributed by atoms with Crippen molar-refractivity contribution >= 4 is 31.9 Å². The molecule has 1 aromatic carbocycles. The molecular weight excluding hydrogens is 322 g/mol. The molecule has 1 aromatic rings. The van der Waals surface area contributed by atoms with Crippen LogP contribution < -0.4 is 0 Å². The largest absolute Gasteiger partial charge is 0.481 e. The van der Waals surface area contributed by atoms with Gasteiger partial charge in [-0.05, 0) is 24.6 Å². The van der Waals surface area contributed by atoms with E-state index in [4.69, 9.17) is 5.11 Å². The second-order valence-corrected chi connectivity index (χ2v) is 6.70. The van der Waals surface area contributed by atoms with Crippen molar-refractivity contribution in [3.05, 3.63) is 28.2 Å². The lowest BCUT2D eigenvalue weighted by atomic mass is 10.2. The van der Waals surface area contributed by atoms with Gasteiger partial charge in [-0.2, -0.15) is 0 Å². The van der Waals surface area contributed by atoms with E-state index in [1.165, 1.54) is 13.1 Å². The van der Waals surface area contributed by atoms with Crippen LogP contribution in [0.2, 0.25) is 0 Å². The predicted octanol–water partition coefficient (Wildman–Crippen LogP) is 1.85. The molecule has 0 saturated heterocycles. The molecule has 0 amide bonds. The molecule has 0 aliphatic rings. The summed E-state index contributed by atoms with van der Waals surface area (Å²) in [7, 11) is -2.27. The van der Waals surface area contributed by atoms with Gasteiger partial charge >= 0.3 is 5.97 Å². The standard InChI is InChI=1S/C11H14BrNO4S/c1-8-9(12)4-3-5-10(8)18(16,17)13(2)7-6-11(14)15/h3-5H,6-7H2,1-2H3,(H,14,15). The quantitative estimate of drug-likeness (QED) is 0.891. The first-order chi connectivity index (χ1) is 8.26. The van der Waals surface area contributed by atoms with Gasteiger partial charge in [-0.15, -0.1) is 0 Å². The minimum absolute atomic E-state index is 0.0520. The molecule has 7 heteroatoms. The van der Waals surface area contributed by atoms with Crippen LogP contribution in [0.25, 0.3) is 0 Å². The highest BCUT2D eigenvalue weighted by molar-refractivity contribution is 9.10. The van der Waals surface area contributed by atoms with Gasteiger partial charge in [-0.1, -0.05) is 22.0 Å². The maximum Gasteiger partial charge on any atom is 0.304 e. The van der Waals surface area contributed by atoms with Gasteiger partial charge in [0.25, 0.3) is 0 Å². The molecule has 1 N–H and O–H groups in total. The van der Waals surface area contributed by atoms with E-state index in [9.17, 15) is 13.2 Å². The van der Waals surface area contributed by atoms with E-state index in [2.05, 4.69) is 15.9 Å². The second-order valence-electron chi connectivity index (χ2n) is 3.83. The maximum absolute atomic E-state index is 12.2. The zero-order valence-corrected chi connectivity index (χ0v) is 12.5. The molecule has 0 fully saturated rings. The third kappa shape index (κ3) is 3.30. The third-order valence-electron chi connectivity index (χ3n) is 2.55. The number of sulfonamides is 1. The molecule has 0 unspecified atom stereocenters. The van der Waals surface area contributed by atoms with Gasteiger partial charge in [-0.25, -0.2) is 12.7 Å². The molecule has 0 aliphatic heterocycles. The Labute approximate surface area is 115 Å². The van der Waals surface area contributed by atoms with Crippen molar-refractivity contribution in [1.29, 1.82) is 0 Å². The first-order valence-electron chi connectivity index (χ1n) is 5.20. The number of hydrogen-bond acceptors (Lipinski definition) is 3. The SMILES string of the molecule is Cc1c(Br)cccc1S(=O)(=O)N(C)CCC(=O)O. The van der Waals surface area contributed by atoms with Crippen molar-refractivity contribution < 1.29 is 18.3 Å². The monoisotopic (exact) mass is 335 g/mol. The Balaban J connectivity index is 3.06. The van der Waals surface area contributed by atoms with Crippen LogP contribution >= 0.6 is 15.9 Å². The lowest BCUT2D eigenvalue weighted by molar-refractivity contribution is -0.137. The summed E-state index contributed by atoms with van der Waals surface area (Å²) in [5.74, 6) is -1.02. The molecule has 0 spiro atoms. The number of benzene rings is 1. The van der Waals surface area contributed by atoms with Gasteiger partial charge in [0.1, 0.15) is 0 Å². The second kappa shape index (κ2) is 5.81. The normalized spacial score (nSPS) is 11.8. The average molecular weight is 336 g/mol. The van der Waals surface area contributed by atoms with E-state index >= 15 is 0 Å². The van der Waals surface area contributed by atoms with Crippen molar-refractivity contribution in [2.45, 2.75) is 18.2 Å². The van der Waals surface area contributed by atoms with Gasteiger partial charge in [0.15, 0.2) is 0 Å². The average Bonchev–Trinajstić information content (AvgIpc) is 2.29. The highest BCUT2D eigenvalue weighted by Crippen LogP contribution is 2.25. The van der Waals surface area contributed by atoms with Crippen molar-refractivity contribution in [2.24, 2.45) is 0 Å². The molecule has 18 heavy (non-hydrogen) atoms. The molecule has 100 valence electrons. The number of rotatable bonds is 5. The van der Waals surface area contributed by atoms with Crippen molar-refractivity contribution in [3.63, 3.8) is 0 Å². The summed E-state index contributed by atoms with van der Waals surface area (Å²) in [6.07, 6.45) is -0.219. The van der Waals surface area contributed by atoms with E-state index in [-0.39, 0.29) is 17.9 Å². The summed E-state index contributed by atoms with van der Waals surface area (Å²) in [4.78, 5) is 10.6. The molecule has 0 aliphatic carbocycles. The van der Waals surface area contributed by atoms with Gasteiger partial charge in [0.05, 0.1) is 11.3 Å². The van der Waals surface area contributed by atoms with Crippen LogP contribution in [0.4, 0.5) is 0 Å². The highest BCUT2D eigenvalue weighted by atomic mass is 79.9. The first kappa shape index (κ1) is 15.1. The molecule has 0 saturated carbocycles. The van der Waals surface area contributed by atoms with Crippen molar-refractivity contribution in [1.82, 2.24) is 4.31 Å². The number of carboxylic acid groups (broad SMARTS) is 1. The number of hydrogen-bond donors (Lipinski definition) is 1. The highest BCUT2D eigenvalue weighted by Gasteiger charge is 2.23. The van der Waals surface area contributed by atoms with Gasteiger partial charge in [-0.3, -0.25) is 4.79 Å². The number of carbonyl (C=O) groups is 1. The Kier molecular flexibility index (Phi) is 4.89. The van der Waals surface area contributed by atoms with Crippen LogP contribution in [0.15, 0.2) is 27.6 Å². The van der Waals surface area contributed by atoms with E-state index in [1.54, 1.807) is 19.1 Å². The Morgan fingerprint density at radius 2 is 2.06 bits per heavy atom. The van der Waals surface area contributed by atoms with E-state index in [0.29, 0.717) is 10.0 Å². The van der Waals surface area contributed by atoms with Crippen molar-refractivity contribution in [3.8, 4) is 0 Å². The summed E-state index contributed by atoms with van der Waals surface area (Å²) >= 11 is 3.27. The molecule has 5 nitrogen and oxygen atoms in total. The van der Waals surface area contributed by atoms with Crippen LogP contribution in [0.5, 0.6) is 0 Å². The summed E-state index contributed by atoms with van der Waals surface area (Å²) < 4.78 is 26.2. The summed E-state index contributed by atoms with van der Waals surface area (Å²) in [5, 5.41) is 8.57. The van der Waals surface area contributed by atoms with Crippen LogP contribution in [-0.2, 0) is 14.8 Å². The lowest BCUT2D eigenvalue weighted by Gasteiger charge is -2.18. The number of halogens is 1. The number of aliphatic carboxylic acids is 1. The van der Waals surface area contributed by atoms with E-state index in [0.717, 1.165) is 4.31 Å². The molecule has 0 heterocycles. The number of carboxylic acids is 1. The van der Waals surface area contributed by atoms with Crippen molar-refractivity contribution in [2.75, 3.05) is 13.6 Å². The van der Waals surface area contributed by atoms with Crippen LogP contribution in [-0.4, -0.2) is 37.4 Å². The van der Waals surface area contributed by atoms with Crippen LogP contribution in [0.1, 0.15) is 12.0 Å². The van der Waals surface area contributed by atoms with Crippen LogP contribution in [0.3, 0.4) is 0 Å². The zero-order valence-electron chi connectivity index (χ0n) is 10.1. The van der Waals surface area contributed by atoms with Gasteiger partial charge in [0, 0.05) is 18.1 Å². The molecule has 0 aromatic heterocycles. The number of nitrogens with zero attached hydrogens (tertiary/aromatic N) is 1. The minimum Gasteiger partial charge on any atom is -0.481 e. The van der Waals surface area contributed by atoms with E-state index < -0.39 is 16.0 Å². The zero-order chi connectivity index (χ0) is 13.9. The van der Waals surface area contributed by atoms with Crippen LogP contribution in [0, 0.1) is 6.92 Å².